The molecule has 0 spiro atoms. The lowest BCUT2D eigenvalue weighted by Gasteiger charge is -2.08. The van der Waals surface area contributed by atoms with Crippen molar-refractivity contribution in [2.45, 2.75) is 12.8 Å². The van der Waals surface area contributed by atoms with Gasteiger partial charge in [0.1, 0.15) is 0 Å². The van der Waals surface area contributed by atoms with Gasteiger partial charge in [0.25, 0.3) is 0 Å². The zero-order valence-corrected chi connectivity index (χ0v) is 9.54. The number of benzene rings is 1. The lowest BCUT2D eigenvalue weighted by atomic mass is 10.1. The van der Waals surface area contributed by atoms with Gasteiger partial charge in [-0.2, -0.15) is 0 Å². The highest BCUT2D eigenvalue weighted by Gasteiger charge is 2.04. The third-order valence-electron chi connectivity index (χ3n) is 2.18. The summed E-state index contributed by atoms with van der Waals surface area (Å²) in [6, 6.07) is 4.95. The Bertz CT molecular complexity index is 318. The lowest BCUT2D eigenvalue weighted by Crippen LogP contribution is -2.05. The van der Waals surface area contributed by atoms with Crippen LogP contribution in [0.5, 0.6) is 5.75 Å². The first-order valence-electron chi connectivity index (χ1n) is 5.38. The predicted molar refractivity (Wildman–Crippen MR) is 61.1 cm³/mol. The molecule has 0 heterocycles. The molecule has 1 rings (SSSR count). The van der Waals surface area contributed by atoms with Gasteiger partial charge in [0.2, 0.25) is 0 Å². The molecule has 0 saturated carbocycles. The smallest absolute Gasteiger partial charge is 0.165 e. The molecule has 4 heteroatoms. The van der Waals surface area contributed by atoms with Crippen LogP contribution in [-0.4, -0.2) is 26.9 Å². The van der Waals surface area contributed by atoms with Crippen LogP contribution in [0.15, 0.2) is 18.2 Å². The Balaban J connectivity index is 2.47. The van der Waals surface area contributed by atoms with Crippen LogP contribution >= 0.6 is 0 Å². The minimum Gasteiger partial charge on any atom is -0.490 e. The number of halogens is 1. The van der Waals surface area contributed by atoms with Crippen molar-refractivity contribution in [2.24, 2.45) is 5.73 Å². The molecule has 0 aliphatic carbocycles. The Labute approximate surface area is 95.4 Å². The van der Waals surface area contributed by atoms with E-state index in [1.54, 1.807) is 13.2 Å². The first-order valence-corrected chi connectivity index (χ1v) is 5.38. The van der Waals surface area contributed by atoms with Gasteiger partial charge in [-0.15, -0.1) is 0 Å². The Morgan fingerprint density at radius 3 is 2.75 bits per heavy atom. The minimum absolute atomic E-state index is 0.289. The summed E-state index contributed by atoms with van der Waals surface area (Å²) in [6.07, 6.45) is 1.43. The third kappa shape index (κ3) is 4.16. The van der Waals surface area contributed by atoms with E-state index in [1.807, 2.05) is 6.07 Å². The maximum atomic E-state index is 13.5. The van der Waals surface area contributed by atoms with Crippen molar-refractivity contribution in [2.75, 3.05) is 26.9 Å². The maximum absolute atomic E-state index is 13.5. The molecular weight excluding hydrogens is 209 g/mol. The second-order valence-corrected chi connectivity index (χ2v) is 3.50. The molecular formula is C12H18FNO2. The van der Waals surface area contributed by atoms with Crippen molar-refractivity contribution in [3.05, 3.63) is 29.6 Å². The fourth-order valence-electron chi connectivity index (χ4n) is 1.37. The van der Waals surface area contributed by atoms with E-state index in [1.165, 1.54) is 6.07 Å². The summed E-state index contributed by atoms with van der Waals surface area (Å²) in [6.45, 7) is 1.60. The van der Waals surface area contributed by atoms with E-state index in [0.717, 1.165) is 12.0 Å². The molecule has 0 radical (unpaired) electrons. The van der Waals surface area contributed by atoms with Gasteiger partial charge in [0.15, 0.2) is 11.6 Å². The number of methoxy groups -OCH3 is 1. The first kappa shape index (κ1) is 12.9. The highest BCUT2D eigenvalue weighted by Crippen LogP contribution is 2.18. The molecule has 1 aromatic carbocycles. The molecule has 3 nitrogen and oxygen atoms in total. The summed E-state index contributed by atoms with van der Waals surface area (Å²) in [7, 11) is 1.63. The van der Waals surface area contributed by atoms with Crippen LogP contribution in [0.1, 0.15) is 12.0 Å². The van der Waals surface area contributed by atoms with Crippen molar-refractivity contribution < 1.29 is 13.9 Å². The summed E-state index contributed by atoms with van der Waals surface area (Å²) >= 11 is 0. The fraction of sp³-hybridized carbons (Fsp3) is 0.500. The zero-order valence-electron chi connectivity index (χ0n) is 9.54. The fourth-order valence-corrected chi connectivity index (χ4v) is 1.37. The van der Waals surface area contributed by atoms with Crippen molar-refractivity contribution in [3.63, 3.8) is 0 Å². The Hall–Kier alpha value is -1.13. The van der Waals surface area contributed by atoms with E-state index >= 15 is 0 Å². The van der Waals surface area contributed by atoms with E-state index in [0.29, 0.717) is 26.2 Å². The molecule has 0 atom stereocenters. The molecule has 0 amide bonds. The largest absolute Gasteiger partial charge is 0.490 e. The molecule has 16 heavy (non-hydrogen) atoms. The van der Waals surface area contributed by atoms with Crippen molar-refractivity contribution in [1.82, 2.24) is 0 Å². The Morgan fingerprint density at radius 1 is 1.31 bits per heavy atom. The van der Waals surface area contributed by atoms with Gasteiger partial charge in [0.05, 0.1) is 6.61 Å². The number of ether oxygens (including phenoxy) is 2. The van der Waals surface area contributed by atoms with Gasteiger partial charge in [0, 0.05) is 20.1 Å². The van der Waals surface area contributed by atoms with Gasteiger partial charge in [-0.25, -0.2) is 4.39 Å². The summed E-state index contributed by atoms with van der Waals surface area (Å²) < 4.78 is 23.6. The number of hydrogen-bond donors (Lipinski definition) is 1. The molecule has 2 N–H and O–H groups in total. The summed E-state index contributed by atoms with van der Waals surface area (Å²) in [5, 5.41) is 0. The third-order valence-corrected chi connectivity index (χ3v) is 2.18. The van der Waals surface area contributed by atoms with Crippen LogP contribution in [0.2, 0.25) is 0 Å². The van der Waals surface area contributed by atoms with Gasteiger partial charge >= 0.3 is 0 Å². The van der Waals surface area contributed by atoms with Crippen LogP contribution in [0.25, 0.3) is 0 Å². The summed E-state index contributed by atoms with van der Waals surface area (Å²) in [5.74, 6) is -0.0414. The highest BCUT2D eigenvalue weighted by molar-refractivity contribution is 5.29. The second kappa shape index (κ2) is 7.19. The first-order chi connectivity index (χ1) is 7.77. The quantitative estimate of drug-likeness (QED) is 0.722. The number of rotatable bonds is 7. The van der Waals surface area contributed by atoms with Crippen LogP contribution in [0, 0.1) is 5.82 Å². The van der Waals surface area contributed by atoms with E-state index in [9.17, 15) is 4.39 Å². The minimum atomic E-state index is -0.330. The second-order valence-electron chi connectivity index (χ2n) is 3.50. The molecule has 90 valence electrons. The van der Waals surface area contributed by atoms with Gasteiger partial charge in [-0.05, 0) is 30.7 Å². The lowest BCUT2D eigenvalue weighted by molar-refractivity contribution is 0.170. The molecule has 0 bridgehead atoms. The highest BCUT2D eigenvalue weighted by atomic mass is 19.1. The molecule has 0 unspecified atom stereocenters. The van der Waals surface area contributed by atoms with Gasteiger partial charge in [-0.1, -0.05) is 6.07 Å². The molecule has 1 aromatic rings. The Morgan fingerprint density at radius 2 is 2.12 bits per heavy atom. The standard InChI is InChI=1S/C12H18FNO2/c1-15-7-2-8-16-12-4-3-10(5-6-14)9-11(12)13/h3-4,9H,2,5-8,14H2,1H3. The van der Waals surface area contributed by atoms with Crippen LogP contribution in [0.3, 0.4) is 0 Å². The monoisotopic (exact) mass is 227 g/mol. The van der Waals surface area contributed by atoms with E-state index in [-0.39, 0.29) is 11.6 Å². The SMILES string of the molecule is COCCCOc1ccc(CCN)cc1F. The van der Waals surface area contributed by atoms with E-state index in [4.69, 9.17) is 15.2 Å². The van der Waals surface area contributed by atoms with Crippen LogP contribution in [-0.2, 0) is 11.2 Å². The molecule has 0 aliphatic heterocycles. The topological polar surface area (TPSA) is 44.5 Å². The average Bonchev–Trinajstić information content (AvgIpc) is 2.27. The average molecular weight is 227 g/mol. The van der Waals surface area contributed by atoms with Gasteiger partial charge < -0.3 is 15.2 Å². The molecule has 0 saturated heterocycles. The van der Waals surface area contributed by atoms with Crippen molar-refractivity contribution in [3.8, 4) is 5.75 Å². The number of nitrogens with two attached hydrogens (primary N) is 1. The normalized spacial score (nSPS) is 10.4. The van der Waals surface area contributed by atoms with Gasteiger partial charge in [-0.3, -0.25) is 0 Å². The maximum Gasteiger partial charge on any atom is 0.165 e. The number of hydrogen-bond acceptors (Lipinski definition) is 3. The predicted octanol–water partition coefficient (Wildman–Crippen LogP) is 1.74. The molecule has 0 fully saturated rings. The van der Waals surface area contributed by atoms with Crippen molar-refractivity contribution >= 4 is 0 Å². The summed E-state index contributed by atoms with van der Waals surface area (Å²) in [4.78, 5) is 0. The molecule has 0 aromatic heterocycles. The molecule has 0 aliphatic rings. The van der Waals surface area contributed by atoms with Crippen molar-refractivity contribution in [1.29, 1.82) is 0 Å². The van der Waals surface area contributed by atoms with E-state index in [2.05, 4.69) is 0 Å². The van der Waals surface area contributed by atoms with E-state index < -0.39 is 0 Å². The van der Waals surface area contributed by atoms with Crippen LogP contribution in [0.4, 0.5) is 4.39 Å². The van der Waals surface area contributed by atoms with Crippen LogP contribution < -0.4 is 10.5 Å². The Kier molecular flexibility index (Phi) is 5.82. The summed E-state index contributed by atoms with van der Waals surface area (Å²) in [5.41, 5.74) is 6.29. The zero-order chi connectivity index (χ0) is 11.8.